The quantitative estimate of drug-likeness (QED) is 0.403. The zero-order chi connectivity index (χ0) is 22.4. The van der Waals surface area contributed by atoms with Crippen molar-refractivity contribution in [2.24, 2.45) is 0 Å². The Kier molecular flexibility index (Phi) is 8.00. The van der Waals surface area contributed by atoms with Gasteiger partial charge in [0.25, 0.3) is 5.91 Å². The van der Waals surface area contributed by atoms with Crippen LogP contribution in [0.15, 0.2) is 33.5 Å². The van der Waals surface area contributed by atoms with Gasteiger partial charge in [-0.25, -0.2) is 12.7 Å². The molecule has 0 unspecified atom stereocenters. The highest BCUT2D eigenvalue weighted by atomic mass is 32.2. The van der Waals surface area contributed by atoms with Gasteiger partial charge < -0.3 is 10.1 Å². The van der Waals surface area contributed by atoms with Crippen molar-refractivity contribution in [3.05, 3.63) is 29.8 Å². The monoisotopic (exact) mass is 485 g/mol. The molecule has 0 bridgehead atoms. The highest BCUT2D eigenvalue weighted by Gasteiger charge is 2.19. The lowest BCUT2D eigenvalue weighted by molar-refractivity contribution is -0.119. The van der Waals surface area contributed by atoms with Crippen LogP contribution >= 0.6 is 23.1 Å². The number of hydrogen-bond acceptors (Lipinski definition) is 9. The average molecular weight is 486 g/mol. The summed E-state index contributed by atoms with van der Waals surface area (Å²) in [6.07, 6.45) is 2.07. The van der Waals surface area contributed by atoms with Crippen LogP contribution in [0.25, 0.3) is 0 Å². The number of carbonyl (C=O) groups excluding carboxylic acids is 2. The Hall–Kier alpha value is -2.06. The first-order chi connectivity index (χ1) is 14.8. The standard InChI is InChI=1S/C18H23N5O5S3/c1-23(2)31(26,27)14-7-5-12(6-8-14)16(25)20-17-21-22-18(30-17)29-11-15(24)19-10-13-4-3-9-28-13/h5-8,13H,3-4,9-11H2,1-2H3,(H,19,24)(H,20,21,25)/t13-/m0/s1. The van der Waals surface area contributed by atoms with Crippen molar-refractivity contribution in [1.82, 2.24) is 19.8 Å². The van der Waals surface area contributed by atoms with Gasteiger partial charge in [-0.2, -0.15) is 0 Å². The zero-order valence-electron chi connectivity index (χ0n) is 17.0. The van der Waals surface area contributed by atoms with Crippen LogP contribution in [0.3, 0.4) is 0 Å². The normalized spacial score (nSPS) is 16.4. The average Bonchev–Trinajstić information content (AvgIpc) is 3.42. The summed E-state index contributed by atoms with van der Waals surface area (Å²) in [6, 6.07) is 5.61. The second-order valence-corrected chi connectivity index (χ2v) is 11.2. The molecule has 3 rings (SSSR count). The Bertz CT molecular complexity index is 1020. The van der Waals surface area contributed by atoms with Crippen LogP contribution < -0.4 is 10.6 Å². The van der Waals surface area contributed by atoms with E-state index in [1.165, 1.54) is 50.1 Å². The molecular formula is C18H23N5O5S3. The van der Waals surface area contributed by atoms with Gasteiger partial charge in [-0.15, -0.1) is 10.2 Å². The first-order valence-corrected chi connectivity index (χ1v) is 12.7. The molecule has 2 heterocycles. The van der Waals surface area contributed by atoms with Crippen LogP contribution in [0, 0.1) is 0 Å². The largest absolute Gasteiger partial charge is 0.376 e. The molecule has 1 fully saturated rings. The van der Waals surface area contributed by atoms with E-state index in [0.29, 0.717) is 10.9 Å². The summed E-state index contributed by atoms with van der Waals surface area (Å²) in [5.74, 6) is -0.359. The summed E-state index contributed by atoms with van der Waals surface area (Å²) in [5.41, 5.74) is 0.288. The summed E-state index contributed by atoms with van der Waals surface area (Å²) in [7, 11) is -0.680. The van der Waals surface area contributed by atoms with Gasteiger partial charge in [0.2, 0.25) is 21.1 Å². The van der Waals surface area contributed by atoms with Crippen LogP contribution in [-0.4, -0.2) is 73.8 Å². The molecule has 10 nitrogen and oxygen atoms in total. The maximum atomic E-state index is 12.4. The number of hydrogen-bond donors (Lipinski definition) is 2. The minimum atomic E-state index is -3.56. The van der Waals surface area contributed by atoms with Gasteiger partial charge in [0, 0.05) is 32.8 Å². The van der Waals surface area contributed by atoms with E-state index >= 15 is 0 Å². The molecule has 0 aliphatic carbocycles. The number of aromatic nitrogens is 2. The van der Waals surface area contributed by atoms with Crippen molar-refractivity contribution in [3.63, 3.8) is 0 Å². The molecule has 2 aromatic rings. The number of rotatable bonds is 9. The van der Waals surface area contributed by atoms with Crippen LogP contribution in [0.5, 0.6) is 0 Å². The molecule has 31 heavy (non-hydrogen) atoms. The Labute approximate surface area is 188 Å². The third-order valence-electron chi connectivity index (χ3n) is 4.40. The molecule has 1 atom stereocenters. The maximum absolute atomic E-state index is 12.4. The van der Waals surface area contributed by atoms with E-state index < -0.39 is 15.9 Å². The maximum Gasteiger partial charge on any atom is 0.257 e. The second kappa shape index (κ2) is 10.5. The molecule has 0 radical (unpaired) electrons. The number of nitrogens with one attached hydrogen (secondary N) is 2. The van der Waals surface area contributed by atoms with Crippen LogP contribution in [0.1, 0.15) is 23.2 Å². The molecule has 1 aliphatic rings. The van der Waals surface area contributed by atoms with Crippen molar-refractivity contribution in [2.45, 2.75) is 28.2 Å². The van der Waals surface area contributed by atoms with Crippen molar-refractivity contribution in [3.8, 4) is 0 Å². The smallest absolute Gasteiger partial charge is 0.257 e. The van der Waals surface area contributed by atoms with Gasteiger partial charge in [-0.3, -0.25) is 14.9 Å². The van der Waals surface area contributed by atoms with Gasteiger partial charge in [0.05, 0.1) is 16.8 Å². The summed E-state index contributed by atoms with van der Waals surface area (Å²) < 4.78 is 31.3. The number of thioether (sulfide) groups is 1. The van der Waals surface area contributed by atoms with E-state index in [0.717, 1.165) is 35.1 Å². The van der Waals surface area contributed by atoms with Gasteiger partial charge in [0.1, 0.15) is 0 Å². The van der Waals surface area contributed by atoms with Gasteiger partial charge >= 0.3 is 0 Å². The highest BCUT2D eigenvalue weighted by Crippen LogP contribution is 2.26. The Morgan fingerprint density at radius 3 is 2.65 bits per heavy atom. The SMILES string of the molecule is CN(C)S(=O)(=O)c1ccc(C(=O)Nc2nnc(SCC(=O)NC[C@@H]3CCCO3)s2)cc1. The van der Waals surface area contributed by atoms with Crippen LogP contribution in [0.2, 0.25) is 0 Å². The van der Waals surface area contributed by atoms with E-state index in [1.807, 2.05) is 0 Å². The number of benzene rings is 1. The Morgan fingerprint density at radius 2 is 2.00 bits per heavy atom. The van der Waals surface area contributed by atoms with Gasteiger partial charge in [-0.1, -0.05) is 23.1 Å². The third kappa shape index (κ3) is 6.46. The zero-order valence-corrected chi connectivity index (χ0v) is 19.5. The third-order valence-corrected chi connectivity index (χ3v) is 8.20. The molecule has 2 amide bonds. The molecule has 2 N–H and O–H groups in total. The predicted molar refractivity (Wildman–Crippen MR) is 118 cm³/mol. The summed E-state index contributed by atoms with van der Waals surface area (Å²) in [6.45, 7) is 1.25. The lowest BCUT2D eigenvalue weighted by Crippen LogP contribution is -2.32. The van der Waals surface area contributed by atoms with Crippen LogP contribution in [0.4, 0.5) is 5.13 Å². The number of anilines is 1. The van der Waals surface area contributed by atoms with E-state index in [1.54, 1.807) is 0 Å². The molecule has 168 valence electrons. The van der Waals surface area contributed by atoms with Crippen molar-refractivity contribution in [2.75, 3.05) is 38.3 Å². The fourth-order valence-corrected chi connectivity index (χ4v) is 5.17. The van der Waals surface area contributed by atoms with Crippen molar-refractivity contribution < 1.29 is 22.7 Å². The summed E-state index contributed by atoms with van der Waals surface area (Å²) >= 11 is 2.39. The topological polar surface area (TPSA) is 131 Å². The van der Waals surface area contributed by atoms with E-state index in [2.05, 4.69) is 20.8 Å². The van der Waals surface area contributed by atoms with E-state index in [9.17, 15) is 18.0 Å². The molecule has 0 saturated carbocycles. The van der Waals surface area contributed by atoms with Crippen LogP contribution in [-0.2, 0) is 19.6 Å². The lowest BCUT2D eigenvalue weighted by atomic mass is 10.2. The molecular weight excluding hydrogens is 462 g/mol. The highest BCUT2D eigenvalue weighted by molar-refractivity contribution is 8.01. The molecule has 1 saturated heterocycles. The second-order valence-electron chi connectivity index (χ2n) is 6.87. The summed E-state index contributed by atoms with van der Waals surface area (Å²) in [4.78, 5) is 24.4. The first-order valence-electron chi connectivity index (χ1n) is 9.44. The fraction of sp³-hybridized carbons (Fsp3) is 0.444. The van der Waals surface area contributed by atoms with Gasteiger partial charge in [-0.05, 0) is 37.1 Å². The van der Waals surface area contributed by atoms with E-state index in [4.69, 9.17) is 4.74 Å². The summed E-state index contributed by atoms with van der Waals surface area (Å²) in [5, 5.41) is 13.6. The number of ether oxygens (including phenoxy) is 1. The fourth-order valence-electron chi connectivity index (χ4n) is 2.69. The first kappa shape index (κ1) is 23.6. The minimum absolute atomic E-state index is 0.0920. The predicted octanol–water partition coefficient (Wildman–Crippen LogP) is 1.43. The number of nitrogens with zero attached hydrogens (tertiary/aromatic N) is 3. The van der Waals surface area contributed by atoms with Gasteiger partial charge in [0.15, 0.2) is 4.34 Å². The number of carbonyl (C=O) groups is 2. The number of sulfonamides is 1. The molecule has 0 spiro atoms. The molecule has 13 heteroatoms. The molecule has 1 aliphatic heterocycles. The number of amides is 2. The van der Waals surface area contributed by atoms with E-state index in [-0.39, 0.29) is 33.4 Å². The minimum Gasteiger partial charge on any atom is -0.376 e. The molecule has 1 aromatic heterocycles. The molecule has 1 aromatic carbocycles. The van der Waals surface area contributed by atoms with Crippen molar-refractivity contribution in [1.29, 1.82) is 0 Å². The van der Waals surface area contributed by atoms with Crippen molar-refractivity contribution >= 4 is 50.1 Å². The Balaban J connectivity index is 1.48. The Morgan fingerprint density at radius 1 is 1.26 bits per heavy atom. The lowest BCUT2D eigenvalue weighted by Gasteiger charge is -2.11.